The summed E-state index contributed by atoms with van der Waals surface area (Å²) in [4.78, 5) is 30.6. The quantitative estimate of drug-likeness (QED) is 0.303. The summed E-state index contributed by atoms with van der Waals surface area (Å²) in [5.74, 6) is -4.29. The summed E-state index contributed by atoms with van der Waals surface area (Å²) in [6.45, 7) is 0. The first-order valence-corrected chi connectivity index (χ1v) is 11.9. The van der Waals surface area contributed by atoms with Crippen LogP contribution in [0.3, 0.4) is 0 Å². The fourth-order valence-corrected chi connectivity index (χ4v) is 4.72. The van der Waals surface area contributed by atoms with Gasteiger partial charge in [-0.05, 0) is 72.8 Å². The van der Waals surface area contributed by atoms with Crippen LogP contribution in [0.4, 0.5) is 20.2 Å². The lowest BCUT2D eigenvalue weighted by Gasteiger charge is -2.19. The molecule has 4 aromatic rings. The summed E-state index contributed by atoms with van der Waals surface area (Å²) in [5, 5.41) is 10.3. The fourth-order valence-electron chi connectivity index (χ4n) is 3.40. The van der Waals surface area contributed by atoms with Crippen LogP contribution in [0, 0.1) is 11.6 Å². The van der Waals surface area contributed by atoms with Gasteiger partial charge in [-0.3, -0.25) is 9.78 Å². The van der Waals surface area contributed by atoms with E-state index in [2.05, 4.69) is 4.98 Å². The first-order chi connectivity index (χ1) is 17.2. The van der Waals surface area contributed by atoms with E-state index < -0.39 is 39.8 Å². The van der Waals surface area contributed by atoms with Crippen molar-refractivity contribution in [3.05, 3.63) is 112 Å². The third kappa shape index (κ3) is 5.17. The summed E-state index contributed by atoms with van der Waals surface area (Å²) in [6, 6.07) is 16.7. The summed E-state index contributed by atoms with van der Waals surface area (Å²) in [7, 11) is -0.294. The SMILES string of the molecule is CN(c1ccc(Cl)cc1)c1ccc(C(=O)c2ccc(S(=O)c3ccc(F)c(F)c3)c(C(=O)O)c2)nc1. The molecule has 36 heavy (non-hydrogen) atoms. The van der Waals surface area contributed by atoms with Crippen molar-refractivity contribution in [1.29, 1.82) is 0 Å². The van der Waals surface area contributed by atoms with E-state index in [1.165, 1.54) is 24.4 Å². The van der Waals surface area contributed by atoms with Gasteiger partial charge in [0.1, 0.15) is 5.69 Å². The Morgan fingerprint density at radius 2 is 1.61 bits per heavy atom. The number of halogens is 3. The number of ketones is 1. The molecule has 0 bridgehead atoms. The van der Waals surface area contributed by atoms with Gasteiger partial charge in [0.15, 0.2) is 11.6 Å². The molecule has 0 spiro atoms. The number of nitrogens with zero attached hydrogens (tertiary/aromatic N) is 2. The van der Waals surface area contributed by atoms with E-state index in [-0.39, 0.29) is 21.0 Å². The number of carbonyl (C=O) groups excluding carboxylic acids is 1. The fraction of sp³-hybridized carbons (Fsp3) is 0.0385. The van der Waals surface area contributed by atoms with Crippen LogP contribution in [0.15, 0.2) is 88.8 Å². The van der Waals surface area contributed by atoms with Crippen LogP contribution < -0.4 is 4.90 Å². The maximum atomic E-state index is 13.6. The van der Waals surface area contributed by atoms with Gasteiger partial charge in [0.05, 0.1) is 33.1 Å². The highest BCUT2D eigenvalue weighted by Gasteiger charge is 2.21. The summed E-state index contributed by atoms with van der Waals surface area (Å²) < 4.78 is 39.7. The van der Waals surface area contributed by atoms with Gasteiger partial charge in [-0.1, -0.05) is 11.6 Å². The normalized spacial score (nSPS) is 11.7. The summed E-state index contributed by atoms with van der Waals surface area (Å²) >= 11 is 5.93. The van der Waals surface area contributed by atoms with Crippen molar-refractivity contribution >= 4 is 45.5 Å². The van der Waals surface area contributed by atoms with Gasteiger partial charge in [0.2, 0.25) is 5.78 Å². The molecular formula is C26H17ClF2N2O4S. The van der Waals surface area contributed by atoms with E-state index in [1.54, 1.807) is 18.2 Å². The number of carbonyl (C=O) groups is 2. The number of benzene rings is 3. The Hall–Kier alpha value is -3.95. The standard InChI is InChI=1S/C26H17ClF2N2O4S/c1-31(17-5-3-16(27)4-6-17)18-7-10-23(30-14-18)25(32)15-2-11-24(20(12-15)26(33)34)36(35)19-8-9-21(28)22(29)13-19/h2-14H,1H3,(H,33,34). The highest BCUT2D eigenvalue weighted by Crippen LogP contribution is 2.26. The number of aromatic carboxylic acids is 1. The minimum absolute atomic E-state index is 0.0183. The Morgan fingerprint density at radius 1 is 0.917 bits per heavy atom. The molecule has 1 heterocycles. The van der Waals surface area contributed by atoms with Crippen molar-refractivity contribution in [3.63, 3.8) is 0 Å². The minimum Gasteiger partial charge on any atom is -0.478 e. The molecule has 3 aromatic carbocycles. The number of anilines is 2. The molecule has 0 radical (unpaired) electrons. The summed E-state index contributed by atoms with van der Waals surface area (Å²) in [5.41, 5.74) is 1.26. The van der Waals surface area contributed by atoms with Crippen molar-refractivity contribution in [2.45, 2.75) is 9.79 Å². The zero-order valence-corrected chi connectivity index (χ0v) is 20.2. The third-order valence-electron chi connectivity index (χ3n) is 5.36. The molecule has 0 aliphatic heterocycles. The van der Waals surface area contributed by atoms with Gasteiger partial charge >= 0.3 is 5.97 Å². The Morgan fingerprint density at radius 3 is 2.22 bits per heavy atom. The van der Waals surface area contributed by atoms with Crippen LogP contribution in [-0.4, -0.2) is 33.1 Å². The zero-order chi connectivity index (χ0) is 26.0. The molecule has 0 saturated carbocycles. The molecule has 1 atom stereocenters. The van der Waals surface area contributed by atoms with E-state index in [0.717, 1.165) is 30.0 Å². The van der Waals surface area contributed by atoms with Crippen LogP contribution >= 0.6 is 11.6 Å². The molecule has 1 aromatic heterocycles. The lowest BCUT2D eigenvalue weighted by atomic mass is 10.0. The second kappa shape index (κ2) is 10.3. The molecule has 10 heteroatoms. The number of rotatable bonds is 7. The van der Waals surface area contributed by atoms with Crippen LogP contribution in [0.25, 0.3) is 0 Å². The van der Waals surface area contributed by atoms with E-state index >= 15 is 0 Å². The molecule has 1 unspecified atom stereocenters. The predicted octanol–water partition coefficient (Wildman–Crippen LogP) is 5.88. The van der Waals surface area contributed by atoms with Gasteiger partial charge < -0.3 is 10.0 Å². The Labute approximate surface area is 212 Å². The van der Waals surface area contributed by atoms with Crippen LogP contribution in [0.5, 0.6) is 0 Å². The minimum atomic E-state index is -2.12. The van der Waals surface area contributed by atoms with E-state index in [9.17, 15) is 27.7 Å². The topological polar surface area (TPSA) is 87.6 Å². The largest absolute Gasteiger partial charge is 0.478 e. The van der Waals surface area contributed by atoms with Crippen molar-refractivity contribution in [3.8, 4) is 0 Å². The van der Waals surface area contributed by atoms with E-state index in [4.69, 9.17) is 11.6 Å². The molecular weight excluding hydrogens is 510 g/mol. The van der Waals surface area contributed by atoms with Gasteiger partial charge in [-0.25, -0.2) is 17.8 Å². The number of carboxylic acid groups (broad SMARTS) is 1. The zero-order valence-electron chi connectivity index (χ0n) is 18.6. The number of hydrogen-bond donors (Lipinski definition) is 1. The van der Waals surface area contributed by atoms with Crippen LogP contribution in [-0.2, 0) is 10.8 Å². The highest BCUT2D eigenvalue weighted by atomic mass is 35.5. The molecule has 0 saturated heterocycles. The van der Waals surface area contributed by atoms with Crippen molar-refractivity contribution in [2.24, 2.45) is 0 Å². The lowest BCUT2D eigenvalue weighted by molar-refractivity contribution is 0.0693. The monoisotopic (exact) mass is 526 g/mol. The van der Waals surface area contributed by atoms with Crippen LogP contribution in [0.1, 0.15) is 26.4 Å². The molecule has 4 rings (SSSR count). The number of hydrogen-bond acceptors (Lipinski definition) is 5. The predicted molar refractivity (Wildman–Crippen MR) is 132 cm³/mol. The molecule has 0 fully saturated rings. The summed E-state index contributed by atoms with van der Waals surface area (Å²) in [6.07, 6.45) is 1.51. The van der Waals surface area contributed by atoms with Crippen molar-refractivity contribution < 1.29 is 27.7 Å². The van der Waals surface area contributed by atoms with Gasteiger partial charge in [0, 0.05) is 28.2 Å². The first-order valence-electron chi connectivity index (χ1n) is 10.4. The number of aromatic nitrogens is 1. The lowest BCUT2D eigenvalue weighted by Crippen LogP contribution is -2.12. The van der Waals surface area contributed by atoms with Gasteiger partial charge in [0.25, 0.3) is 0 Å². The smallest absolute Gasteiger partial charge is 0.336 e. The van der Waals surface area contributed by atoms with Gasteiger partial charge in [-0.2, -0.15) is 0 Å². The average molecular weight is 527 g/mol. The maximum Gasteiger partial charge on any atom is 0.336 e. The molecule has 182 valence electrons. The Kier molecular flexibility index (Phi) is 7.23. The van der Waals surface area contributed by atoms with Crippen molar-refractivity contribution in [1.82, 2.24) is 4.98 Å². The first kappa shape index (κ1) is 25.2. The van der Waals surface area contributed by atoms with Crippen molar-refractivity contribution in [2.75, 3.05) is 11.9 Å². The molecule has 1 N–H and O–H groups in total. The molecule has 0 aliphatic rings. The Balaban J connectivity index is 1.61. The number of pyridine rings is 1. The third-order valence-corrected chi connectivity index (χ3v) is 7.05. The van der Waals surface area contributed by atoms with E-state index in [0.29, 0.717) is 10.7 Å². The second-order valence-electron chi connectivity index (χ2n) is 7.63. The van der Waals surface area contributed by atoms with Gasteiger partial charge in [-0.15, -0.1) is 0 Å². The number of carboxylic acids is 1. The second-order valence-corrected chi connectivity index (χ2v) is 9.51. The molecule has 0 aliphatic carbocycles. The van der Waals surface area contributed by atoms with E-state index in [1.807, 2.05) is 24.1 Å². The maximum absolute atomic E-state index is 13.6. The average Bonchev–Trinajstić information content (AvgIpc) is 2.89. The van der Waals surface area contributed by atoms with Crippen LogP contribution in [0.2, 0.25) is 5.02 Å². The molecule has 6 nitrogen and oxygen atoms in total. The Bertz CT molecular complexity index is 1500. The highest BCUT2D eigenvalue weighted by molar-refractivity contribution is 7.85. The molecule has 0 amide bonds.